The number of rotatable bonds is 6. The Balaban J connectivity index is 1.67. The zero-order chi connectivity index (χ0) is 21.1. The number of carbonyl (C=O) groups excluding carboxylic acids is 1. The molecule has 1 aromatic heterocycles. The quantitative estimate of drug-likeness (QED) is 0.378. The lowest BCUT2D eigenvalue weighted by atomic mass is 10.1. The lowest BCUT2D eigenvalue weighted by molar-refractivity contribution is -0.253. The Morgan fingerprint density at radius 2 is 1.97 bits per heavy atom. The normalized spacial score (nSPS) is 15.1. The molecular formula is C23H20N4O3. The molecule has 0 spiro atoms. The first-order chi connectivity index (χ1) is 14.6. The average molecular weight is 400 g/mol. The number of aromatic nitrogens is 1. The average Bonchev–Trinajstić information content (AvgIpc) is 3.25. The highest BCUT2D eigenvalue weighted by atomic mass is 17.1. The number of hydrazone groups is 1. The Morgan fingerprint density at radius 1 is 1.20 bits per heavy atom. The standard InChI is InChI=1S/C23H20N4O3/c1-16-21(23(28)27(25-16)19-9-7-17(8-10-19)15-30-29)13-18-14-26(12-4-11-24)22-6-3-2-5-20(18)22/h2-3,5-10,13-14,29H,4,12,15H2,1H3. The molecule has 0 unspecified atom stereocenters. The minimum Gasteiger partial charge on any atom is -0.346 e. The number of aryl methyl sites for hydroxylation is 1. The van der Waals surface area contributed by atoms with Crippen LogP contribution in [0.2, 0.25) is 0 Å². The Labute approximate surface area is 173 Å². The summed E-state index contributed by atoms with van der Waals surface area (Å²) < 4.78 is 2.04. The highest BCUT2D eigenvalue weighted by Gasteiger charge is 2.29. The Hall–Kier alpha value is -3.73. The van der Waals surface area contributed by atoms with Gasteiger partial charge in [-0.25, -0.2) is 4.89 Å². The fourth-order valence-corrected chi connectivity index (χ4v) is 3.57. The first-order valence-corrected chi connectivity index (χ1v) is 9.54. The van der Waals surface area contributed by atoms with E-state index in [2.05, 4.69) is 16.1 Å². The molecule has 2 aromatic carbocycles. The molecule has 0 radical (unpaired) electrons. The van der Waals surface area contributed by atoms with Crippen molar-refractivity contribution in [3.05, 3.63) is 71.4 Å². The number of anilines is 1. The van der Waals surface area contributed by atoms with Crippen molar-refractivity contribution >= 4 is 34.3 Å². The zero-order valence-corrected chi connectivity index (χ0v) is 16.4. The smallest absolute Gasteiger partial charge is 0.280 e. The van der Waals surface area contributed by atoms with Crippen molar-refractivity contribution in [3.8, 4) is 6.07 Å². The van der Waals surface area contributed by atoms with Gasteiger partial charge in [0.05, 0.1) is 29.5 Å². The van der Waals surface area contributed by atoms with Gasteiger partial charge in [-0.15, -0.1) is 0 Å². The Bertz CT molecular complexity index is 1200. The summed E-state index contributed by atoms with van der Waals surface area (Å²) in [7, 11) is 0. The van der Waals surface area contributed by atoms with Gasteiger partial charge in [-0.3, -0.25) is 10.1 Å². The molecule has 0 aliphatic carbocycles. The Kier molecular flexibility index (Phi) is 5.44. The molecule has 30 heavy (non-hydrogen) atoms. The molecule has 1 amide bonds. The van der Waals surface area contributed by atoms with Gasteiger partial charge in [-0.1, -0.05) is 30.3 Å². The number of nitrogens with zero attached hydrogens (tertiary/aromatic N) is 4. The van der Waals surface area contributed by atoms with Crippen LogP contribution in [0.5, 0.6) is 0 Å². The third-order valence-corrected chi connectivity index (χ3v) is 5.06. The van der Waals surface area contributed by atoms with Crippen LogP contribution in [0.25, 0.3) is 17.0 Å². The molecule has 0 atom stereocenters. The van der Waals surface area contributed by atoms with Crippen molar-refractivity contribution < 1.29 is 14.9 Å². The van der Waals surface area contributed by atoms with Gasteiger partial charge in [0.15, 0.2) is 0 Å². The summed E-state index contributed by atoms with van der Waals surface area (Å²) in [5.41, 5.74) is 4.53. The second-order valence-corrected chi connectivity index (χ2v) is 7.00. The van der Waals surface area contributed by atoms with Gasteiger partial charge >= 0.3 is 0 Å². The summed E-state index contributed by atoms with van der Waals surface area (Å²) in [6.07, 6.45) is 4.25. The summed E-state index contributed by atoms with van der Waals surface area (Å²) in [6, 6.07) is 17.2. The number of fused-ring (bicyclic) bond motifs is 1. The predicted octanol–water partition coefficient (Wildman–Crippen LogP) is 4.35. The zero-order valence-electron chi connectivity index (χ0n) is 16.4. The second-order valence-electron chi connectivity index (χ2n) is 7.00. The molecule has 4 rings (SSSR count). The van der Waals surface area contributed by atoms with Crippen LogP contribution in [0, 0.1) is 11.3 Å². The maximum Gasteiger partial charge on any atom is 0.280 e. The molecule has 0 bridgehead atoms. The lowest BCUT2D eigenvalue weighted by Gasteiger charge is -2.12. The fourth-order valence-electron chi connectivity index (χ4n) is 3.57. The van der Waals surface area contributed by atoms with E-state index >= 15 is 0 Å². The lowest BCUT2D eigenvalue weighted by Crippen LogP contribution is -2.21. The van der Waals surface area contributed by atoms with Gasteiger partial charge in [-0.2, -0.15) is 15.4 Å². The van der Waals surface area contributed by atoms with Crippen LogP contribution in [0.1, 0.15) is 24.5 Å². The number of para-hydroxylation sites is 1. The SMILES string of the molecule is CC1=NN(c2ccc(COO)cc2)C(=O)C1=Cc1cn(CCC#N)c2ccccc12. The maximum absolute atomic E-state index is 13.1. The van der Waals surface area contributed by atoms with E-state index in [-0.39, 0.29) is 12.5 Å². The van der Waals surface area contributed by atoms with Crippen molar-refractivity contribution in [2.24, 2.45) is 5.10 Å². The molecular weight excluding hydrogens is 380 g/mol. The monoisotopic (exact) mass is 400 g/mol. The van der Waals surface area contributed by atoms with E-state index in [1.807, 2.05) is 48.0 Å². The predicted molar refractivity (Wildman–Crippen MR) is 115 cm³/mol. The number of hydrogen-bond acceptors (Lipinski definition) is 5. The minimum atomic E-state index is -0.201. The highest BCUT2D eigenvalue weighted by Crippen LogP contribution is 2.28. The van der Waals surface area contributed by atoms with Crippen molar-refractivity contribution in [3.63, 3.8) is 0 Å². The molecule has 1 aliphatic rings. The topological polar surface area (TPSA) is 90.8 Å². The van der Waals surface area contributed by atoms with E-state index in [0.717, 1.165) is 22.0 Å². The summed E-state index contributed by atoms with van der Waals surface area (Å²) >= 11 is 0. The number of benzene rings is 2. The van der Waals surface area contributed by atoms with Crippen molar-refractivity contribution in [1.82, 2.24) is 4.57 Å². The van der Waals surface area contributed by atoms with Crippen LogP contribution in [0.3, 0.4) is 0 Å². The largest absolute Gasteiger partial charge is 0.346 e. The molecule has 0 saturated carbocycles. The van der Waals surface area contributed by atoms with Gasteiger partial charge in [0, 0.05) is 29.2 Å². The molecule has 1 aliphatic heterocycles. The van der Waals surface area contributed by atoms with Gasteiger partial charge in [-0.05, 0) is 36.8 Å². The van der Waals surface area contributed by atoms with Crippen molar-refractivity contribution in [2.75, 3.05) is 5.01 Å². The van der Waals surface area contributed by atoms with E-state index in [0.29, 0.717) is 29.9 Å². The number of amides is 1. The van der Waals surface area contributed by atoms with Gasteiger partial charge in [0.25, 0.3) is 5.91 Å². The molecule has 150 valence electrons. The molecule has 0 fully saturated rings. The summed E-state index contributed by atoms with van der Waals surface area (Å²) in [6.45, 7) is 2.49. The van der Waals surface area contributed by atoms with Crippen LogP contribution in [-0.2, 0) is 22.8 Å². The van der Waals surface area contributed by atoms with E-state index < -0.39 is 0 Å². The van der Waals surface area contributed by atoms with Gasteiger partial charge < -0.3 is 4.57 Å². The van der Waals surface area contributed by atoms with Crippen LogP contribution in [-0.4, -0.2) is 21.4 Å². The number of carbonyl (C=O) groups is 1. The maximum atomic E-state index is 13.1. The molecule has 7 nitrogen and oxygen atoms in total. The molecule has 3 aromatic rings. The highest BCUT2D eigenvalue weighted by molar-refractivity contribution is 6.32. The first kappa shape index (κ1) is 19.6. The second kappa shape index (κ2) is 8.33. The third kappa shape index (κ3) is 3.62. The minimum absolute atomic E-state index is 0.0809. The summed E-state index contributed by atoms with van der Waals surface area (Å²) in [5, 5.41) is 24.3. The molecule has 0 saturated heterocycles. The van der Waals surface area contributed by atoms with E-state index in [1.54, 1.807) is 24.3 Å². The van der Waals surface area contributed by atoms with Crippen LogP contribution in [0.15, 0.2) is 65.4 Å². The fraction of sp³-hybridized carbons (Fsp3) is 0.174. The van der Waals surface area contributed by atoms with Crippen LogP contribution >= 0.6 is 0 Å². The number of hydrogen-bond donors (Lipinski definition) is 1. The summed E-state index contributed by atoms with van der Waals surface area (Å²) in [4.78, 5) is 17.2. The summed E-state index contributed by atoms with van der Waals surface area (Å²) in [5.74, 6) is -0.201. The van der Waals surface area contributed by atoms with E-state index in [9.17, 15) is 4.79 Å². The van der Waals surface area contributed by atoms with E-state index in [4.69, 9.17) is 10.5 Å². The Morgan fingerprint density at radius 3 is 2.70 bits per heavy atom. The van der Waals surface area contributed by atoms with E-state index in [1.165, 1.54) is 5.01 Å². The van der Waals surface area contributed by atoms with Gasteiger partial charge in [0.1, 0.15) is 6.61 Å². The van der Waals surface area contributed by atoms with Crippen LogP contribution in [0.4, 0.5) is 5.69 Å². The van der Waals surface area contributed by atoms with Gasteiger partial charge in [0.2, 0.25) is 0 Å². The third-order valence-electron chi connectivity index (χ3n) is 5.06. The molecule has 7 heteroatoms. The van der Waals surface area contributed by atoms with Crippen molar-refractivity contribution in [2.45, 2.75) is 26.5 Å². The van der Waals surface area contributed by atoms with Crippen LogP contribution < -0.4 is 5.01 Å². The number of nitriles is 1. The molecule has 1 N–H and O–H groups in total. The molecule has 2 heterocycles. The first-order valence-electron chi connectivity index (χ1n) is 9.54. The van der Waals surface area contributed by atoms with Crippen molar-refractivity contribution in [1.29, 1.82) is 5.26 Å².